The number of hydrogen-bond donors (Lipinski definition) is 12. The summed E-state index contributed by atoms with van der Waals surface area (Å²) in [6.07, 6.45) is -1.14. The quantitative estimate of drug-likeness (QED) is 0.0221. The lowest BCUT2D eigenvalue weighted by atomic mass is 9.41. The molecule has 0 aliphatic heterocycles. The van der Waals surface area contributed by atoms with Gasteiger partial charge in [-0.3, -0.25) is 47.9 Å². The Labute approximate surface area is 512 Å². The van der Waals surface area contributed by atoms with Gasteiger partial charge in [0.15, 0.2) is 46.5 Å². The molecule has 16 atom stereocenters. The fraction of sp³-hybridized carbons (Fsp3) is 0.758. The Bertz CT molecular complexity index is 2380. The number of nitrogens with two attached hydrogens (primary N) is 2. The number of rotatable bonds is 43. The van der Waals surface area contributed by atoms with Crippen LogP contribution >= 0.6 is 0 Å². The maximum atomic E-state index is 17.6. The molecule has 0 aromatic rings. The number of likely N-dealkylation sites (N-methyl/N-ethyl adjacent to an activating group) is 6. The van der Waals surface area contributed by atoms with Crippen molar-refractivity contribution in [2.75, 3.05) is 48.8 Å². The molecule has 0 rings (SSSR count). The lowest BCUT2D eigenvalue weighted by Gasteiger charge is -2.60. The van der Waals surface area contributed by atoms with Gasteiger partial charge in [0.25, 0.3) is 0 Å². The SMILES string of the molecule is C=C(C)C[C@H](NC(=O)[C@H](CC(C)C)NC)C(=O)C(C(=O)[C@@H](C)NC(=O)[C@H](C)N)C(C)(C(=O)[C@@H](NC)C(C)C)C(C(=O)C(NC)C(O)C(C)C/C=C/C)(C(=O)[C@@H](N)[C@@H](C)O)[C@](C=O)(C(=O)CNC)N(C)C(=O)[C@H](CC(C)C)NC(=O)[C@H](CC(C)C)NC. The zero-order valence-electron chi connectivity index (χ0n) is 55.5. The molecule has 0 saturated heterocycles. The Kier molecular flexibility index (Phi) is 34.0. The summed E-state index contributed by atoms with van der Waals surface area (Å²) < 4.78 is 0. The van der Waals surface area contributed by atoms with Crippen molar-refractivity contribution in [1.82, 2.24) is 47.4 Å². The van der Waals surface area contributed by atoms with Crippen LogP contribution in [0.5, 0.6) is 0 Å². The molecule has 0 saturated carbocycles. The largest absolute Gasteiger partial charge is 0.391 e. The average molecular weight is 1220 g/mol. The number of carbonyl (C=O) groups is 11. The number of nitrogens with zero attached hydrogens (tertiary/aromatic N) is 1. The van der Waals surface area contributed by atoms with Crippen LogP contribution in [0.2, 0.25) is 0 Å². The summed E-state index contributed by atoms with van der Waals surface area (Å²) in [7, 11) is 7.67. The van der Waals surface area contributed by atoms with Crippen molar-refractivity contribution in [1.29, 1.82) is 0 Å². The van der Waals surface area contributed by atoms with E-state index >= 15 is 38.4 Å². The summed E-state index contributed by atoms with van der Waals surface area (Å²) in [4.78, 5) is 177. The lowest BCUT2D eigenvalue weighted by molar-refractivity contribution is -0.192. The molecule has 0 bridgehead atoms. The van der Waals surface area contributed by atoms with Crippen molar-refractivity contribution < 1.29 is 63.0 Å². The molecule has 492 valence electrons. The highest BCUT2D eigenvalue weighted by molar-refractivity contribution is 6.28. The van der Waals surface area contributed by atoms with Gasteiger partial charge in [-0.05, 0) is 138 Å². The summed E-state index contributed by atoms with van der Waals surface area (Å²) in [5.41, 5.74) is 1.52. The van der Waals surface area contributed by atoms with Crippen LogP contribution in [-0.4, -0.2) is 201 Å². The molecule has 0 aliphatic rings. The summed E-state index contributed by atoms with van der Waals surface area (Å²) in [5.74, 6) is -18.5. The number of nitrogens with one attached hydrogen (secondary N) is 8. The molecule has 24 heteroatoms. The first-order valence-electron chi connectivity index (χ1n) is 30.1. The smallest absolute Gasteiger partial charge is 0.246 e. The first-order chi connectivity index (χ1) is 39.8. The maximum Gasteiger partial charge on any atom is 0.246 e. The van der Waals surface area contributed by atoms with Crippen LogP contribution in [-0.2, 0) is 52.7 Å². The van der Waals surface area contributed by atoms with Crippen LogP contribution in [0.4, 0.5) is 0 Å². The molecular formula is C62H111N11O13. The van der Waals surface area contributed by atoms with Crippen molar-refractivity contribution in [2.24, 2.45) is 57.8 Å². The minimum Gasteiger partial charge on any atom is -0.391 e. The normalized spacial score (nSPS) is 18.7. The zero-order chi connectivity index (χ0) is 67.3. The van der Waals surface area contributed by atoms with Crippen LogP contribution in [0.15, 0.2) is 24.3 Å². The van der Waals surface area contributed by atoms with Gasteiger partial charge < -0.3 is 73.9 Å². The van der Waals surface area contributed by atoms with Gasteiger partial charge in [0.1, 0.15) is 11.5 Å². The van der Waals surface area contributed by atoms with Gasteiger partial charge >= 0.3 is 0 Å². The number of aliphatic hydroxyl groups excluding tert-OH is 2. The number of carbonyl (C=O) groups excluding carboxylic acids is 11. The second-order valence-electron chi connectivity index (χ2n) is 25.2. The van der Waals surface area contributed by atoms with E-state index in [0.29, 0.717) is 4.90 Å². The maximum absolute atomic E-state index is 17.6. The fourth-order valence-electron chi connectivity index (χ4n) is 11.6. The number of ketones is 6. The Morgan fingerprint density at radius 2 is 1.09 bits per heavy atom. The number of aldehydes is 1. The number of aliphatic hydroxyl groups is 2. The fourth-order valence-corrected chi connectivity index (χ4v) is 11.6. The van der Waals surface area contributed by atoms with Crippen LogP contribution in [0.25, 0.3) is 0 Å². The minimum absolute atomic E-state index is 0.0443. The van der Waals surface area contributed by atoms with E-state index in [4.69, 9.17) is 11.5 Å². The average Bonchev–Trinajstić information content (AvgIpc) is 0.682. The Hall–Kier alpha value is -5.31. The van der Waals surface area contributed by atoms with Crippen molar-refractivity contribution in [3.8, 4) is 0 Å². The van der Waals surface area contributed by atoms with Crippen LogP contribution in [0, 0.1) is 46.3 Å². The van der Waals surface area contributed by atoms with Gasteiger partial charge in [-0.1, -0.05) is 80.0 Å². The van der Waals surface area contributed by atoms with Crippen molar-refractivity contribution >= 4 is 64.6 Å². The Morgan fingerprint density at radius 1 is 0.628 bits per heavy atom. The highest BCUT2D eigenvalue weighted by Crippen LogP contribution is 2.59. The highest BCUT2D eigenvalue weighted by atomic mass is 16.3. The molecule has 24 nitrogen and oxygen atoms in total. The van der Waals surface area contributed by atoms with Gasteiger partial charge in [-0.25, -0.2) is 0 Å². The number of allylic oxidation sites excluding steroid dienone is 2. The van der Waals surface area contributed by atoms with E-state index in [1.165, 1.54) is 69.9 Å². The van der Waals surface area contributed by atoms with Crippen LogP contribution in [0.3, 0.4) is 0 Å². The summed E-state index contributed by atoms with van der Waals surface area (Å²) in [5, 5.41) is 46.5. The molecule has 0 aromatic carbocycles. The molecule has 0 heterocycles. The van der Waals surface area contributed by atoms with Crippen LogP contribution in [0.1, 0.15) is 136 Å². The molecule has 14 N–H and O–H groups in total. The van der Waals surface area contributed by atoms with Crippen LogP contribution < -0.4 is 54.0 Å². The van der Waals surface area contributed by atoms with Gasteiger partial charge in [0, 0.05) is 7.05 Å². The monoisotopic (exact) mass is 1220 g/mol. The molecule has 4 amide bonds. The molecule has 6 unspecified atom stereocenters. The second kappa shape index (κ2) is 36.2. The summed E-state index contributed by atoms with van der Waals surface area (Å²) in [6.45, 7) is 25.9. The van der Waals surface area contributed by atoms with E-state index in [1.807, 2.05) is 27.7 Å². The number of amides is 4. The van der Waals surface area contributed by atoms with E-state index in [9.17, 15) is 24.6 Å². The Morgan fingerprint density at radius 3 is 1.47 bits per heavy atom. The lowest BCUT2D eigenvalue weighted by Crippen LogP contribution is -2.84. The number of hydrogen-bond acceptors (Lipinski definition) is 20. The third-order valence-corrected chi connectivity index (χ3v) is 16.4. The summed E-state index contributed by atoms with van der Waals surface area (Å²) in [6, 6.07) is -15.2. The van der Waals surface area contributed by atoms with Crippen molar-refractivity contribution in [3.63, 3.8) is 0 Å². The molecule has 0 aliphatic carbocycles. The second-order valence-corrected chi connectivity index (χ2v) is 25.2. The zero-order valence-corrected chi connectivity index (χ0v) is 55.5. The standard InChI is InChI=1S/C62H111N11O13/c1-23-24-25-37(12)50(77)49(69-21)55(82)62(53(80)47(64)40(15)75,61(31-74,45(76)30-65-17)73(22)59(86)44(29-35(8)9)72-58(85)43(67-19)28-34(6)7)60(16,54(81)48(68-20)36(10)11)46(51(78)39(14)70-56(83)38(13)63)52(79)41(26-32(2)3)71-57(84)42(66-18)27-33(4)5/h23-24,31,33-44,46-50,65-69,75,77H,2,25-30,63-64H2,1,3-22H3,(H,70,83)(H,71,84)(H,72,85)/b24-23+/t37?,38-,39+,40+,41-,42-,43-,44-,46?,47-,48-,49?,50?,60?,61-,62?/m0/s1. The van der Waals surface area contributed by atoms with E-state index in [2.05, 4.69) is 49.1 Å². The topological polar surface area (TPSA) is 380 Å². The Balaban J connectivity index is 11.4. The van der Waals surface area contributed by atoms with E-state index in [1.54, 1.807) is 32.9 Å². The first kappa shape index (κ1) is 80.7. The van der Waals surface area contributed by atoms with Crippen molar-refractivity contribution in [2.45, 2.75) is 208 Å². The van der Waals surface area contributed by atoms with Crippen molar-refractivity contribution in [3.05, 3.63) is 24.3 Å². The third-order valence-electron chi connectivity index (χ3n) is 16.4. The van der Waals surface area contributed by atoms with Gasteiger partial charge in [-0.15, -0.1) is 6.58 Å². The molecule has 0 radical (unpaired) electrons. The molecule has 0 aromatic heterocycles. The molecule has 0 fully saturated rings. The molecule has 0 spiro atoms. The predicted octanol–water partition coefficient (Wildman–Crippen LogP) is 0.231. The van der Waals surface area contributed by atoms with E-state index in [0.717, 1.165) is 27.8 Å². The third kappa shape index (κ3) is 18.9. The molecular weight excluding hydrogens is 1110 g/mol. The highest BCUT2D eigenvalue weighted by Gasteiger charge is 2.81. The predicted molar refractivity (Wildman–Crippen MR) is 333 cm³/mol. The summed E-state index contributed by atoms with van der Waals surface area (Å²) >= 11 is 0. The first-order valence-corrected chi connectivity index (χ1v) is 30.1. The van der Waals surface area contributed by atoms with E-state index in [-0.39, 0.29) is 49.4 Å². The van der Waals surface area contributed by atoms with Gasteiger partial charge in [0.2, 0.25) is 23.6 Å². The number of Topliss-reactive ketones (excluding diaryl/α,β-unsaturated/α-hetero) is 6. The minimum atomic E-state index is -4.12. The van der Waals surface area contributed by atoms with Gasteiger partial charge in [0.05, 0.1) is 78.4 Å². The van der Waals surface area contributed by atoms with E-state index < -0.39 is 178 Å². The van der Waals surface area contributed by atoms with Gasteiger partial charge in [-0.2, -0.15) is 0 Å². The molecule has 86 heavy (non-hydrogen) atoms.